The van der Waals surface area contributed by atoms with Crippen LogP contribution in [0.1, 0.15) is 46.0 Å². The van der Waals surface area contributed by atoms with E-state index in [4.69, 9.17) is 9.47 Å². The summed E-state index contributed by atoms with van der Waals surface area (Å²) in [6, 6.07) is 0. The molecule has 0 radical (unpaired) electrons. The number of hydrogen-bond donors (Lipinski definition) is 0. The number of ketones is 1. The fourth-order valence-electron chi connectivity index (χ4n) is 2.97. The zero-order chi connectivity index (χ0) is 13.7. The Morgan fingerprint density at radius 2 is 2.00 bits per heavy atom. The van der Waals surface area contributed by atoms with Crippen LogP contribution in [0.4, 0.5) is 0 Å². The predicted octanol–water partition coefficient (Wildman–Crippen LogP) is 2.02. The molecule has 0 aliphatic carbocycles. The van der Waals surface area contributed by atoms with Crippen molar-refractivity contribution < 1.29 is 14.3 Å². The van der Waals surface area contributed by atoms with E-state index in [0.29, 0.717) is 18.3 Å². The molecule has 0 bridgehead atoms. The van der Waals surface area contributed by atoms with Gasteiger partial charge in [-0.25, -0.2) is 0 Å². The van der Waals surface area contributed by atoms with Gasteiger partial charge in [0.15, 0.2) is 5.78 Å². The Kier molecular flexibility index (Phi) is 5.37. The lowest BCUT2D eigenvalue weighted by atomic mass is 9.92. The van der Waals surface area contributed by atoms with Crippen LogP contribution in [-0.2, 0) is 14.3 Å². The molecule has 0 aromatic carbocycles. The maximum atomic E-state index is 12.4. The van der Waals surface area contributed by atoms with Crippen molar-refractivity contribution in [2.75, 3.05) is 32.9 Å². The molecule has 0 N–H and O–H groups in total. The standard InChI is InChI=1S/C15H27NO3/c1-15(2,16-8-11-18-12-9-16)14(17)7-3-5-13-6-4-10-19-13/h13H,3-12H2,1-2H3. The van der Waals surface area contributed by atoms with Gasteiger partial charge in [0.1, 0.15) is 0 Å². The van der Waals surface area contributed by atoms with E-state index in [-0.39, 0.29) is 5.54 Å². The summed E-state index contributed by atoms with van der Waals surface area (Å²) in [6.45, 7) is 8.21. The molecule has 2 rings (SSSR count). The van der Waals surface area contributed by atoms with Gasteiger partial charge in [0, 0.05) is 26.1 Å². The summed E-state index contributed by atoms with van der Waals surface area (Å²) >= 11 is 0. The quantitative estimate of drug-likeness (QED) is 0.739. The second-order valence-corrected chi connectivity index (χ2v) is 6.11. The molecule has 1 unspecified atom stereocenters. The lowest BCUT2D eigenvalue weighted by Gasteiger charge is -2.39. The van der Waals surface area contributed by atoms with Gasteiger partial charge in [0.05, 0.1) is 24.9 Å². The van der Waals surface area contributed by atoms with Crippen LogP contribution in [0.5, 0.6) is 0 Å². The van der Waals surface area contributed by atoms with Crippen molar-refractivity contribution in [1.29, 1.82) is 0 Å². The fourth-order valence-corrected chi connectivity index (χ4v) is 2.97. The van der Waals surface area contributed by atoms with Gasteiger partial charge < -0.3 is 9.47 Å². The lowest BCUT2D eigenvalue weighted by molar-refractivity contribution is -0.132. The van der Waals surface area contributed by atoms with E-state index in [0.717, 1.165) is 45.8 Å². The molecule has 2 fully saturated rings. The van der Waals surface area contributed by atoms with Crippen LogP contribution in [0.25, 0.3) is 0 Å². The normalized spacial score (nSPS) is 25.7. The third-order valence-electron chi connectivity index (χ3n) is 4.44. The molecule has 0 amide bonds. The first-order valence-corrected chi connectivity index (χ1v) is 7.58. The average molecular weight is 269 g/mol. The zero-order valence-electron chi connectivity index (χ0n) is 12.3. The molecule has 2 aliphatic heterocycles. The maximum absolute atomic E-state index is 12.4. The molecule has 0 spiro atoms. The van der Waals surface area contributed by atoms with E-state index in [1.165, 1.54) is 12.8 Å². The van der Waals surface area contributed by atoms with E-state index in [2.05, 4.69) is 4.90 Å². The van der Waals surface area contributed by atoms with Gasteiger partial charge in [-0.3, -0.25) is 9.69 Å². The molecule has 1 atom stereocenters. The summed E-state index contributed by atoms with van der Waals surface area (Å²) in [7, 11) is 0. The highest BCUT2D eigenvalue weighted by atomic mass is 16.5. The van der Waals surface area contributed by atoms with E-state index >= 15 is 0 Å². The first-order valence-electron chi connectivity index (χ1n) is 7.58. The van der Waals surface area contributed by atoms with Crippen molar-refractivity contribution in [1.82, 2.24) is 4.90 Å². The molecule has 19 heavy (non-hydrogen) atoms. The number of nitrogens with zero attached hydrogens (tertiary/aromatic N) is 1. The van der Waals surface area contributed by atoms with Crippen molar-refractivity contribution in [3.8, 4) is 0 Å². The molecule has 4 nitrogen and oxygen atoms in total. The smallest absolute Gasteiger partial charge is 0.152 e. The first-order chi connectivity index (χ1) is 9.10. The Morgan fingerprint density at radius 3 is 2.63 bits per heavy atom. The van der Waals surface area contributed by atoms with E-state index < -0.39 is 0 Å². The number of morpholine rings is 1. The van der Waals surface area contributed by atoms with Gasteiger partial charge >= 0.3 is 0 Å². The highest BCUT2D eigenvalue weighted by Crippen LogP contribution is 2.22. The third kappa shape index (κ3) is 4.01. The summed E-state index contributed by atoms with van der Waals surface area (Å²) in [6.07, 6.45) is 5.41. The second-order valence-electron chi connectivity index (χ2n) is 6.11. The number of carbonyl (C=O) groups excluding carboxylic acids is 1. The predicted molar refractivity (Wildman–Crippen MR) is 74.3 cm³/mol. The summed E-state index contributed by atoms with van der Waals surface area (Å²) in [5.41, 5.74) is -0.347. The number of Topliss-reactive ketones (excluding diaryl/α,β-unsaturated/α-hetero) is 1. The minimum Gasteiger partial charge on any atom is -0.379 e. The van der Waals surface area contributed by atoms with E-state index in [1.54, 1.807) is 0 Å². The summed E-state index contributed by atoms with van der Waals surface area (Å²) in [4.78, 5) is 14.7. The van der Waals surface area contributed by atoms with Crippen LogP contribution in [0.15, 0.2) is 0 Å². The molecule has 110 valence electrons. The van der Waals surface area contributed by atoms with Crippen molar-refractivity contribution in [3.05, 3.63) is 0 Å². The molecular formula is C15H27NO3. The molecule has 2 aliphatic rings. The SMILES string of the molecule is CC(C)(C(=O)CCCC1CCCO1)N1CCOCC1. The Bertz CT molecular complexity index is 292. The lowest BCUT2D eigenvalue weighted by Crippen LogP contribution is -2.54. The molecule has 0 saturated carbocycles. The van der Waals surface area contributed by atoms with Gasteiger partial charge in [0.25, 0.3) is 0 Å². The highest BCUT2D eigenvalue weighted by Gasteiger charge is 2.34. The van der Waals surface area contributed by atoms with E-state index in [9.17, 15) is 4.79 Å². The van der Waals surface area contributed by atoms with Crippen LogP contribution < -0.4 is 0 Å². The molecule has 0 aromatic heterocycles. The number of rotatable bonds is 6. The number of ether oxygens (including phenoxy) is 2. The Hall–Kier alpha value is -0.450. The second kappa shape index (κ2) is 6.82. The summed E-state index contributed by atoms with van der Waals surface area (Å²) in [5.74, 6) is 0.354. The van der Waals surface area contributed by atoms with Crippen LogP contribution in [-0.4, -0.2) is 55.2 Å². The van der Waals surface area contributed by atoms with Gasteiger partial charge in [-0.15, -0.1) is 0 Å². The molecular weight excluding hydrogens is 242 g/mol. The van der Waals surface area contributed by atoms with Crippen molar-refractivity contribution in [2.45, 2.75) is 57.6 Å². The van der Waals surface area contributed by atoms with Crippen molar-refractivity contribution in [2.24, 2.45) is 0 Å². The van der Waals surface area contributed by atoms with Gasteiger partial charge in [-0.05, 0) is 39.5 Å². The summed E-state index contributed by atoms with van der Waals surface area (Å²) in [5, 5.41) is 0. The Balaban J connectivity index is 1.73. The minimum atomic E-state index is -0.347. The van der Waals surface area contributed by atoms with Gasteiger partial charge in [-0.2, -0.15) is 0 Å². The monoisotopic (exact) mass is 269 g/mol. The fraction of sp³-hybridized carbons (Fsp3) is 0.933. The first kappa shape index (κ1) is 14.9. The van der Waals surface area contributed by atoms with Crippen molar-refractivity contribution in [3.63, 3.8) is 0 Å². The molecule has 2 heterocycles. The van der Waals surface area contributed by atoms with Gasteiger partial charge in [-0.1, -0.05) is 0 Å². The minimum absolute atomic E-state index is 0.347. The van der Waals surface area contributed by atoms with Crippen LogP contribution in [0, 0.1) is 0 Å². The Morgan fingerprint density at radius 1 is 1.26 bits per heavy atom. The molecule has 2 saturated heterocycles. The highest BCUT2D eigenvalue weighted by molar-refractivity contribution is 5.87. The number of hydrogen-bond acceptors (Lipinski definition) is 4. The largest absolute Gasteiger partial charge is 0.379 e. The zero-order valence-corrected chi connectivity index (χ0v) is 12.3. The molecule has 4 heteroatoms. The van der Waals surface area contributed by atoms with Crippen LogP contribution >= 0.6 is 0 Å². The topological polar surface area (TPSA) is 38.8 Å². The Labute approximate surface area is 116 Å². The average Bonchev–Trinajstić information content (AvgIpc) is 2.93. The molecule has 0 aromatic rings. The number of carbonyl (C=O) groups is 1. The van der Waals surface area contributed by atoms with Crippen LogP contribution in [0.2, 0.25) is 0 Å². The van der Waals surface area contributed by atoms with Crippen LogP contribution in [0.3, 0.4) is 0 Å². The summed E-state index contributed by atoms with van der Waals surface area (Å²) < 4.78 is 11.0. The third-order valence-corrected chi connectivity index (χ3v) is 4.44. The van der Waals surface area contributed by atoms with E-state index in [1.807, 2.05) is 13.8 Å². The maximum Gasteiger partial charge on any atom is 0.152 e. The van der Waals surface area contributed by atoms with Crippen molar-refractivity contribution >= 4 is 5.78 Å². The van der Waals surface area contributed by atoms with Gasteiger partial charge in [0.2, 0.25) is 0 Å².